The largest absolute Gasteiger partial charge is 0.342 e. The Kier molecular flexibility index (Phi) is 2.87. The van der Waals surface area contributed by atoms with Crippen molar-refractivity contribution in [1.82, 2.24) is 9.97 Å². The average Bonchev–Trinajstić information content (AvgIpc) is 2.92. The topological polar surface area (TPSA) is 88.8 Å². The van der Waals surface area contributed by atoms with Crippen LogP contribution in [0, 0.1) is 0 Å². The van der Waals surface area contributed by atoms with E-state index in [1.165, 1.54) is 6.26 Å². The number of hydrogen-bond donors (Lipinski definition) is 2. The number of nitrogens with two attached hydrogens (primary N) is 1. The van der Waals surface area contributed by atoms with Crippen LogP contribution in [0.2, 0.25) is 0 Å². The lowest BCUT2D eigenvalue weighted by Gasteiger charge is -2.04. The molecule has 0 spiro atoms. The summed E-state index contributed by atoms with van der Waals surface area (Å²) < 4.78 is 23.1. The first-order valence-electron chi connectivity index (χ1n) is 6.39. The maximum absolute atomic E-state index is 11.5. The van der Waals surface area contributed by atoms with E-state index >= 15 is 0 Å². The fourth-order valence-electron chi connectivity index (χ4n) is 2.70. The summed E-state index contributed by atoms with van der Waals surface area (Å²) in [6.45, 7) is 0. The first kappa shape index (κ1) is 12.6. The Hall–Kier alpha value is -1.40. The second kappa shape index (κ2) is 4.31. The number of nitrogens with one attached hydrogen (secondary N) is 1. The Labute approximate surface area is 112 Å². The lowest BCUT2D eigenvalue weighted by molar-refractivity contribution is 0.602. The van der Waals surface area contributed by atoms with E-state index in [1.807, 2.05) is 0 Å². The Morgan fingerprint density at radius 1 is 1.37 bits per heavy atom. The van der Waals surface area contributed by atoms with Gasteiger partial charge in [-0.3, -0.25) is 0 Å². The van der Waals surface area contributed by atoms with Crippen molar-refractivity contribution in [3.8, 4) is 0 Å². The molecule has 0 bridgehead atoms. The van der Waals surface area contributed by atoms with E-state index in [2.05, 4.69) is 9.97 Å². The van der Waals surface area contributed by atoms with Crippen molar-refractivity contribution in [1.29, 1.82) is 0 Å². The van der Waals surface area contributed by atoms with Gasteiger partial charge in [0.2, 0.25) is 0 Å². The van der Waals surface area contributed by atoms with Gasteiger partial charge >= 0.3 is 0 Å². The van der Waals surface area contributed by atoms with Gasteiger partial charge < -0.3 is 10.7 Å². The monoisotopic (exact) mass is 279 g/mol. The summed E-state index contributed by atoms with van der Waals surface area (Å²) in [5, 5.41) is 0. The van der Waals surface area contributed by atoms with Crippen molar-refractivity contribution < 1.29 is 8.42 Å². The lowest BCUT2D eigenvalue weighted by Crippen LogP contribution is -2.14. The number of rotatable bonds is 2. The van der Waals surface area contributed by atoms with Crippen LogP contribution in [0.5, 0.6) is 0 Å². The van der Waals surface area contributed by atoms with E-state index < -0.39 is 9.84 Å². The molecule has 19 heavy (non-hydrogen) atoms. The average molecular weight is 279 g/mol. The van der Waals surface area contributed by atoms with E-state index in [4.69, 9.17) is 5.73 Å². The van der Waals surface area contributed by atoms with Gasteiger partial charge in [0.25, 0.3) is 0 Å². The van der Waals surface area contributed by atoms with E-state index in [-0.39, 0.29) is 6.04 Å². The van der Waals surface area contributed by atoms with Gasteiger partial charge in [-0.1, -0.05) is 0 Å². The number of aromatic nitrogens is 2. The number of nitrogens with zero attached hydrogens (tertiary/aromatic N) is 1. The second-order valence-corrected chi connectivity index (χ2v) is 7.36. The minimum Gasteiger partial charge on any atom is -0.342 e. The number of hydrogen-bond acceptors (Lipinski definition) is 4. The molecule has 0 amide bonds. The molecular weight excluding hydrogens is 262 g/mol. The molecule has 1 heterocycles. The Bertz CT molecular complexity index is 721. The molecule has 2 atom stereocenters. The van der Waals surface area contributed by atoms with E-state index in [0.717, 1.165) is 36.1 Å². The maximum atomic E-state index is 11.5. The predicted octanol–water partition coefficient (Wildman–Crippen LogP) is 1.56. The molecule has 0 radical (unpaired) electrons. The SMILES string of the molecule is CS(=O)(=O)c1ccc2nc(C3CCC(N)C3)[nH]c2c1. The van der Waals surface area contributed by atoms with E-state index in [1.54, 1.807) is 18.2 Å². The van der Waals surface area contributed by atoms with Crippen LogP contribution < -0.4 is 5.73 Å². The Balaban J connectivity index is 2.02. The maximum Gasteiger partial charge on any atom is 0.175 e. The fourth-order valence-corrected chi connectivity index (χ4v) is 3.34. The first-order chi connectivity index (χ1) is 8.93. The van der Waals surface area contributed by atoms with Crippen LogP contribution in [-0.4, -0.2) is 30.7 Å². The highest BCUT2D eigenvalue weighted by Gasteiger charge is 2.25. The number of sulfone groups is 1. The van der Waals surface area contributed by atoms with E-state index in [0.29, 0.717) is 10.8 Å². The van der Waals surface area contributed by atoms with Gasteiger partial charge in [-0.2, -0.15) is 0 Å². The first-order valence-corrected chi connectivity index (χ1v) is 8.28. The number of H-pyrrole nitrogens is 1. The molecule has 1 aliphatic carbocycles. The molecule has 2 aromatic rings. The van der Waals surface area contributed by atoms with Crippen molar-refractivity contribution in [3.05, 3.63) is 24.0 Å². The summed E-state index contributed by atoms with van der Waals surface area (Å²) in [5.74, 6) is 1.29. The van der Waals surface area contributed by atoms with Crippen LogP contribution in [-0.2, 0) is 9.84 Å². The van der Waals surface area contributed by atoms with Gasteiger partial charge in [-0.15, -0.1) is 0 Å². The molecule has 1 fully saturated rings. The zero-order chi connectivity index (χ0) is 13.6. The summed E-state index contributed by atoms with van der Waals surface area (Å²) in [4.78, 5) is 8.10. The molecule has 1 aromatic carbocycles. The highest BCUT2D eigenvalue weighted by atomic mass is 32.2. The fraction of sp³-hybridized carbons (Fsp3) is 0.462. The normalized spacial score (nSPS) is 24.1. The van der Waals surface area contributed by atoms with E-state index in [9.17, 15) is 8.42 Å². The number of fused-ring (bicyclic) bond motifs is 1. The molecule has 5 nitrogen and oxygen atoms in total. The smallest absolute Gasteiger partial charge is 0.175 e. The molecule has 1 aromatic heterocycles. The van der Waals surface area contributed by atoms with Gasteiger partial charge in [-0.25, -0.2) is 13.4 Å². The standard InChI is InChI=1S/C13H17N3O2S/c1-19(17,18)10-4-5-11-12(7-10)16-13(15-11)8-2-3-9(14)6-8/h4-5,7-9H,2-3,6,14H2,1H3,(H,15,16). The quantitative estimate of drug-likeness (QED) is 0.873. The van der Waals surface area contributed by atoms with Gasteiger partial charge in [-0.05, 0) is 37.5 Å². The summed E-state index contributed by atoms with van der Waals surface area (Å²) in [5.41, 5.74) is 7.50. The summed E-state index contributed by atoms with van der Waals surface area (Å²) >= 11 is 0. The van der Waals surface area contributed by atoms with Gasteiger partial charge in [0.05, 0.1) is 15.9 Å². The third kappa shape index (κ3) is 2.37. The number of aromatic amines is 1. The Morgan fingerprint density at radius 3 is 2.79 bits per heavy atom. The third-order valence-electron chi connectivity index (χ3n) is 3.76. The predicted molar refractivity (Wildman–Crippen MR) is 73.8 cm³/mol. The molecule has 2 unspecified atom stereocenters. The van der Waals surface area contributed by atoms with Crippen LogP contribution >= 0.6 is 0 Å². The van der Waals surface area contributed by atoms with Crippen molar-refractivity contribution in [2.45, 2.75) is 36.1 Å². The lowest BCUT2D eigenvalue weighted by atomic mass is 10.1. The van der Waals surface area contributed by atoms with Crippen LogP contribution in [0.25, 0.3) is 11.0 Å². The summed E-state index contributed by atoms with van der Waals surface area (Å²) in [7, 11) is -3.18. The zero-order valence-corrected chi connectivity index (χ0v) is 11.6. The molecule has 3 N–H and O–H groups in total. The van der Waals surface area contributed by atoms with Gasteiger partial charge in [0.15, 0.2) is 9.84 Å². The number of imidazole rings is 1. The van der Waals surface area contributed by atoms with Crippen molar-refractivity contribution in [2.75, 3.05) is 6.26 Å². The Morgan fingerprint density at radius 2 is 2.16 bits per heavy atom. The molecule has 0 aliphatic heterocycles. The third-order valence-corrected chi connectivity index (χ3v) is 4.87. The van der Waals surface area contributed by atoms with Crippen LogP contribution in [0.4, 0.5) is 0 Å². The highest BCUT2D eigenvalue weighted by Crippen LogP contribution is 2.33. The molecule has 6 heteroatoms. The molecule has 0 saturated heterocycles. The molecule has 3 rings (SSSR count). The second-order valence-electron chi connectivity index (χ2n) is 5.34. The summed E-state index contributed by atoms with van der Waals surface area (Å²) in [6, 6.07) is 5.25. The number of benzene rings is 1. The zero-order valence-electron chi connectivity index (χ0n) is 10.8. The van der Waals surface area contributed by atoms with Crippen molar-refractivity contribution in [2.24, 2.45) is 5.73 Å². The van der Waals surface area contributed by atoms with Crippen molar-refractivity contribution in [3.63, 3.8) is 0 Å². The van der Waals surface area contributed by atoms with Gasteiger partial charge in [0.1, 0.15) is 5.82 Å². The molecular formula is C13H17N3O2S. The van der Waals surface area contributed by atoms with Crippen LogP contribution in [0.3, 0.4) is 0 Å². The minimum atomic E-state index is -3.18. The van der Waals surface area contributed by atoms with Crippen LogP contribution in [0.1, 0.15) is 31.0 Å². The molecule has 1 aliphatic rings. The minimum absolute atomic E-state index is 0.254. The highest BCUT2D eigenvalue weighted by molar-refractivity contribution is 7.90. The van der Waals surface area contributed by atoms with Crippen molar-refractivity contribution >= 4 is 20.9 Å². The van der Waals surface area contributed by atoms with Gasteiger partial charge in [0, 0.05) is 18.2 Å². The molecule has 1 saturated carbocycles. The summed E-state index contributed by atoms with van der Waals surface area (Å²) in [6.07, 6.45) is 4.22. The van der Waals surface area contributed by atoms with Crippen LogP contribution in [0.15, 0.2) is 23.1 Å². The molecule has 102 valence electrons.